The molecule has 0 N–H and O–H groups in total. The molecule has 0 atom stereocenters. The van der Waals surface area contributed by atoms with Crippen LogP contribution in [0.25, 0.3) is 0 Å². The number of anilines is 1. The minimum Gasteiger partial charge on any atom is -0.490 e. The highest BCUT2D eigenvalue weighted by Gasteiger charge is 2.21. The van der Waals surface area contributed by atoms with E-state index < -0.39 is 5.82 Å². The lowest BCUT2D eigenvalue weighted by atomic mass is 10.1. The van der Waals surface area contributed by atoms with Gasteiger partial charge in [-0.2, -0.15) is 5.26 Å². The second-order valence-electron chi connectivity index (χ2n) is 5.99. The van der Waals surface area contributed by atoms with E-state index in [2.05, 4.69) is 20.8 Å². The van der Waals surface area contributed by atoms with Gasteiger partial charge >= 0.3 is 0 Å². The molecule has 0 saturated carbocycles. The van der Waals surface area contributed by atoms with Crippen LogP contribution in [-0.2, 0) is 0 Å². The van der Waals surface area contributed by atoms with Crippen LogP contribution in [0.5, 0.6) is 5.75 Å². The molecule has 1 fully saturated rings. The molecule has 0 aromatic heterocycles. The van der Waals surface area contributed by atoms with E-state index in [-0.39, 0.29) is 11.7 Å². The zero-order valence-electron chi connectivity index (χ0n) is 13.4. The largest absolute Gasteiger partial charge is 0.490 e. The Bertz CT molecular complexity index is 779. The van der Waals surface area contributed by atoms with Crippen LogP contribution in [0.4, 0.5) is 10.1 Å². The lowest BCUT2D eigenvalue weighted by molar-refractivity contribution is 0.171. The summed E-state index contributed by atoms with van der Waals surface area (Å²) in [4.78, 5) is 2.14. The molecule has 0 bridgehead atoms. The van der Waals surface area contributed by atoms with E-state index in [9.17, 15) is 4.39 Å². The Labute approximate surface area is 149 Å². The number of nitrogens with zero attached hydrogens (tertiary/aromatic N) is 2. The SMILES string of the molecule is Cc1cc(OC2CCN(c3ccc(C#N)c(F)c3)CC2)ccc1Br. The molecular weight excluding hydrogens is 371 g/mol. The third-order valence-corrected chi connectivity index (χ3v) is 5.20. The molecule has 0 unspecified atom stereocenters. The molecule has 0 spiro atoms. The zero-order valence-corrected chi connectivity index (χ0v) is 15.0. The van der Waals surface area contributed by atoms with Crippen molar-refractivity contribution in [2.45, 2.75) is 25.9 Å². The summed E-state index contributed by atoms with van der Waals surface area (Å²) < 4.78 is 20.9. The van der Waals surface area contributed by atoms with Crippen LogP contribution in [0.15, 0.2) is 40.9 Å². The third-order valence-electron chi connectivity index (χ3n) is 4.31. The maximum Gasteiger partial charge on any atom is 0.143 e. The van der Waals surface area contributed by atoms with Crippen molar-refractivity contribution in [3.63, 3.8) is 0 Å². The lowest BCUT2D eigenvalue weighted by Gasteiger charge is -2.33. The van der Waals surface area contributed by atoms with Crippen LogP contribution >= 0.6 is 15.9 Å². The van der Waals surface area contributed by atoms with Crippen LogP contribution in [0.3, 0.4) is 0 Å². The van der Waals surface area contributed by atoms with E-state index in [1.807, 2.05) is 31.2 Å². The Morgan fingerprint density at radius 2 is 1.96 bits per heavy atom. The minimum atomic E-state index is -0.460. The van der Waals surface area contributed by atoms with Crippen molar-refractivity contribution in [1.29, 1.82) is 5.26 Å². The second-order valence-corrected chi connectivity index (χ2v) is 6.85. The van der Waals surface area contributed by atoms with Gasteiger partial charge in [0.05, 0.1) is 5.56 Å². The van der Waals surface area contributed by atoms with Gasteiger partial charge in [0, 0.05) is 36.1 Å². The van der Waals surface area contributed by atoms with Crippen LogP contribution < -0.4 is 9.64 Å². The van der Waals surface area contributed by atoms with Crippen molar-refractivity contribution < 1.29 is 9.13 Å². The van der Waals surface area contributed by atoms with Gasteiger partial charge < -0.3 is 9.64 Å². The number of benzene rings is 2. The number of hydrogen-bond donors (Lipinski definition) is 0. The van der Waals surface area contributed by atoms with Crippen LogP contribution in [0.2, 0.25) is 0 Å². The summed E-state index contributed by atoms with van der Waals surface area (Å²) in [5.74, 6) is 0.428. The summed E-state index contributed by atoms with van der Waals surface area (Å²) in [7, 11) is 0. The van der Waals surface area contributed by atoms with E-state index in [1.54, 1.807) is 6.07 Å². The van der Waals surface area contributed by atoms with Gasteiger partial charge in [-0.1, -0.05) is 15.9 Å². The topological polar surface area (TPSA) is 36.3 Å². The molecule has 5 heteroatoms. The first-order chi connectivity index (χ1) is 11.6. The molecule has 1 heterocycles. The summed E-state index contributed by atoms with van der Waals surface area (Å²) in [5, 5.41) is 8.81. The summed E-state index contributed by atoms with van der Waals surface area (Å²) in [6.07, 6.45) is 1.94. The predicted molar refractivity (Wildman–Crippen MR) is 95.9 cm³/mol. The molecule has 1 aliphatic heterocycles. The van der Waals surface area contributed by atoms with E-state index in [4.69, 9.17) is 10.00 Å². The zero-order chi connectivity index (χ0) is 17.1. The molecule has 1 saturated heterocycles. The highest BCUT2D eigenvalue weighted by Crippen LogP contribution is 2.27. The van der Waals surface area contributed by atoms with Gasteiger partial charge in [-0.05, 0) is 48.9 Å². The first-order valence-corrected chi connectivity index (χ1v) is 8.73. The van der Waals surface area contributed by atoms with E-state index in [1.165, 1.54) is 12.1 Å². The monoisotopic (exact) mass is 388 g/mol. The van der Waals surface area contributed by atoms with Crippen molar-refractivity contribution in [3.05, 3.63) is 57.8 Å². The summed E-state index contributed by atoms with van der Waals surface area (Å²) >= 11 is 3.49. The van der Waals surface area contributed by atoms with Crippen molar-refractivity contribution in [1.82, 2.24) is 0 Å². The Hall–Kier alpha value is -2.06. The maximum atomic E-state index is 13.8. The summed E-state index contributed by atoms with van der Waals surface area (Å²) in [6.45, 7) is 3.66. The van der Waals surface area contributed by atoms with E-state index in [0.29, 0.717) is 0 Å². The van der Waals surface area contributed by atoms with Crippen molar-refractivity contribution >= 4 is 21.6 Å². The van der Waals surface area contributed by atoms with Crippen molar-refractivity contribution in [2.24, 2.45) is 0 Å². The van der Waals surface area contributed by atoms with E-state index in [0.717, 1.165) is 47.4 Å². The molecule has 0 radical (unpaired) electrons. The molecule has 1 aliphatic rings. The smallest absolute Gasteiger partial charge is 0.143 e. The molecule has 3 nitrogen and oxygen atoms in total. The molecule has 3 rings (SSSR count). The number of rotatable bonds is 3. The summed E-state index contributed by atoms with van der Waals surface area (Å²) in [5.41, 5.74) is 2.06. The average molecular weight is 389 g/mol. The Balaban J connectivity index is 1.60. The molecule has 24 heavy (non-hydrogen) atoms. The number of halogens is 2. The quantitative estimate of drug-likeness (QED) is 0.756. The van der Waals surface area contributed by atoms with Crippen LogP contribution in [0, 0.1) is 24.1 Å². The fourth-order valence-corrected chi connectivity index (χ4v) is 3.15. The fourth-order valence-electron chi connectivity index (χ4n) is 2.91. The fraction of sp³-hybridized carbons (Fsp3) is 0.316. The molecular formula is C19H18BrFN2O. The van der Waals surface area contributed by atoms with Gasteiger partial charge in [-0.3, -0.25) is 0 Å². The highest BCUT2D eigenvalue weighted by atomic mass is 79.9. The molecule has 0 amide bonds. The number of piperidine rings is 1. The Morgan fingerprint density at radius 3 is 2.58 bits per heavy atom. The molecule has 0 aliphatic carbocycles. The standard InChI is InChI=1S/C19H18BrFN2O/c1-13-10-17(4-5-18(13)20)24-16-6-8-23(9-7-16)15-3-2-14(12-22)19(21)11-15/h2-5,10-11,16H,6-9H2,1H3. The second kappa shape index (κ2) is 7.23. The van der Waals surface area contributed by atoms with Crippen LogP contribution in [0.1, 0.15) is 24.0 Å². The van der Waals surface area contributed by atoms with Crippen molar-refractivity contribution in [3.8, 4) is 11.8 Å². The van der Waals surface area contributed by atoms with Gasteiger partial charge in [0.1, 0.15) is 23.7 Å². The van der Waals surface area contributed by atoms with Gasteiger partial charge in [-0.25, -0.2) is 4.39 Å². The molecule has 2 aromatic carbocycles. The van der Waals surface area contributed by atoms with Crippen molar-refractivity contribution in [2.75, 3.05) is 18.0 Å². The van der Waals surface area contributed by atoms with Crippen LogP contribution in [-0.4, -0.2) is 19.2 Å². The van der Waals surface area contributed by atoms with E-state index >= 15 is 0 Å². The predicted octanol–water partition coefficient (Wildman–Crippen LogP) is 4.82. The Morgan fingerprint density at radius 1 is 1.21 bits per heavy atom. The average Bonchev–Trinajstić information content (AvgIpc) is 2.59. The molecule has 2 aromatic rings. The third kappa shape index (κ3) is 3.70. The normalized spacial score (nSPS) is 15.2. The first kappa shape index (κ1) is 16.8. The number of ether oxygens (including phenoxy) is 1. The summed E-state index contributed by atoms with van der Waals surface area (Å²) in [6, 6.07) is 12.6. The number of aryl methyl sites for hydroxylation is 1. The van der Waals surface area contributed by atoms with Gasteiger partial charge in [0.25, 0.3) is 0 Å². The maximum absolute atomic E-state index is 13.8. The number of hydrogen-bond acceptors (Lipinski definition) is 3. The number of nitriles is 1. The molecule has 124 valence electrons. The first-order valence-electron chi connectivity index (χ1n) is 7.94. The lowest BCUT2D eigenvalue weighted by Crippen LogP contribution is -2.38. The van der Waals surface area contributed by atoms with Gasteiger partial charge in [0.2, 0.25) is 0 Å². The van der Waals surface area contributed by atoms with Gasteiger partial charge in [0.15, 0.2) is 0 Å². The Kier molecular flexibility index (Phi) is 5.06. The minimum absolute atomic E-state index is 0.0857. The highest BCUT2D eigenvalue weighted by molar-refractivity contribution is 9.10. The van der Waals surface area contributed by atoms with Gasteiger partial charge in [-0.15, -0.1) is 0 Å².